The summed E-state index contributed by atoms with van der Waals surface area (Å²) in [5.41, 5.74) is 0. The smallest absolute Gasteiger partial charge is 0.235 e. The van der Waals surface area contributed by atoms with Crippen molar-refractivity contribution in [3.05, 3.63) is 29.2 Å². The number of carbonyl (C=O) groups excluding carboxylic acids is 1. The van der Waals surface area contributed by atoms with E-state index in [4.69, 9.17) is 16.0 Å². The van der Waals surface area contributed by atoms with Gasteiger partial charge in [0.15, 0.2) is 5.22 Å². The summed E-state index contributed by atoms with van der Waals surface area (Å²) in [5.74, 6) is 0.640. The van der Waals surface area contributed by atoms with E-state index in [0.29, 0.717) is 17.5 Å². The lowest BCUT2D eigenvalue weighted by Gasteiger charge is -1.81. The van der Waals surface area contributed by atoms with Crippen LogP contribution in [0.4, 0.5) is 0 Å². The van der Waals surface area contributed by atoms with Crippen molar-refractivity contribution in [1.82, 2.24) is 0 Å². The molecule has 1 aromatic heterocycles. The lowest BCUT2D eigenvalue weighted by Crippen LogP contribution is -1.68. The van der Waals surface area contributed by atoms with Crippen molar-refractivity contribution in [2.75, 3.05) is 6.54 Å². The van der Waals surface area contributed by atoms with Gasteiger partial charge in [-0.15, -0.1) is 0 Å². The van der Waals surface area contributed by atoms with Gasteiger partial charge in [0, 0.05) is 0 Å². The minimum atomic E-state index is 0.307. The summed E-state index contributed by atoms with van der Waals surface area (Å²) < 4.78 is 5.00. The van der Waals surface area contributed by atoms with Gasteiger partial charge in [0.1, 0.15) is 5.76 Å². The molecule has 0 aliphatic rings. The second kappa shape index (κ2) is 4.54. The Morgan fingerprint density at radius 2 is 2.50 bits per heavy atom. The Kier molecular flexibility index (Phi) is 3.33. The summed E-state index contributed by atoms with van der Waals surface area (Å²) in [6, 6.07) is 3.37. The van der Waals surface area contributed by atoms with E-state index >= 15 is 0 Å². The van der Waals surface area contributed by atoms with Crippen LogP contribution in [0.15, 0.2) is 27.6 Å². The van der Waals surface area contributed by atoms with Gasteiger partial charge in [-0.1, -0.05) is 6.08 Å². The van der Waals surface area contributed by atoms with Crippen LogP contribution in [0.5, 0.6) is 0 Å². The molecule has 0 radical (unpaired) electrons. The molecule has 0 bridgehead atoms. The Hall–Kier alpha value is -1.31. The highest BCUT2D eigenvalue weighted by Gasteiger charge is 1.92. The molecule has 12 heavy (non-hydrogen) atoms. The summed E-state index contributed by atoms with van der Waals surface area (Å²) in [5, 5.41) is 0.341. The van der Waals surface area contributed by atoms with Crippen LogP contribution in [0.2, 0.25) is 5.22 Å². The first-order valence-corrected chi connectivity index (χ1v) is 3.66. The summed E-state index contributed by atoms with van der Waals surface area (Å²) >= 11 is 5.51. The van der Waals surface area contributed by atoms with Crippen molar-refractivity contribution in [2.45, 2.75) is 0 Å². The molecule has 0 fully saturated rings. The standard InChI is InChI=1S/C8H6ClNO2/c9-8-4-3-7(12-8)2-1-5-10-6-11/h1-4H,5H2/b2-1-. The molecular weight excluding hydrogens is 178 g/mol. The summed E-state index contributed by atoms with van der Waals surface area (Å²) in [7, 11) is 0. The van der Waals surface area contributed by atoms with Gasteiger partial charge in [0.2, 0.25) is 6.08 Å². The summed E-state index contributed by atoms with van der Waals surface area (Å²) in [6.45, 7) is 0.307. The summed E-state index contributed by atoms with van der Waals surface area (Å²) in [4.78, 5) is 13.0. The number of nitrogens with zero attached hydrogens (tertiary/aromatic N) is 1. The third-order valence-electron chi connectivity index (χ3n) is 1.14. The quantitative estimate of drug-likeness (QED) is 0.533. The van der Waals surface area contributed by atoms with Crippen LogP contribution in [0.1, 0.15) is 5.76 Å². The fourth-order valence-electron chi connectivity index (χ4n) is 0.677. The molecule has 0 saturated heterocycles. The molecule has 1 rings (SSSR count). The average molecular weight is 184 g/mol. The van der Waals surface area contributed by atoms with Gasteiger partial charge in [0.05, 0.1) is 6.54 Å². The molecule has 62 valence electrons. The molecule has 0 spiro atoms. The topological polar surface area (TPSA) is 42.6 Å². The summed E-state index contributed by atoms with van der Waals surface area (Å²) in [6.07, 6.45) is 4.79. The molecule has 0 aliphatic heterocycles. The average Bonchev–Trinajstić information content (AvgIpc) is 2.45. The lowest BCUT2D eigenvalue weighted by molar-refractivity contribution is 0.558. The van der Waals surface area contributed by atoms with Crippen LogP contribution in [0, 0.1) is 0 Å². The van der Waals surface area contributed by atoms with Crippen molar-refractivity contribution in [3.8, 4) is 0 Å². The fraction of sp³-hybridized carbons (Fsp3) is 0.125. The maximum atomic E-state index is 9.65. The van der Waals surface area contributed by atoms with Gasteiger partial charge in [0.25, 0.3) is 0 Å². The fourth-order valence-corrected chi connectivity index (χ4v) is 0.829. The molecular formula is C8H6ClNO2. The Bertz CT molecular complexity index is 324. The first-order valence-electron chi connectivity index (χ1n) is 3.28. The first-order chi connectivity index (χ1) is 5.83. The van der Waals surface area contributed by atoms with Crippen molar-refractivity contribution < 1.29 is 9.21 Å². The maximum Gasteiger partial charge on any atom is 0.235 e. The minimum Gasteiger partial charge on any atom is -0.445 e. The van der Waals surface area contributed by atoms with E-state index in [9.17, 15) is 4.79 Å². The third-order valence-corrected chi connectivity index (χ3v) is 1.34. The zero-order valence-electron chi connectivity index (χ0n) is 6.16. The van der Waals surface area contributed by atoms with Crippen LogP contribution in [0.25, 0.3) is 6.08 Å². The SMILES string of the molecule is O=C=NC/C=C\c1ccc(Cl)o1. The molecule has 0 N–H and O–H groups in total. The molecule has 0 aliphatic carbocycles. The lowest BCUT2D eigenvalue weighted by atomic mass is 10.4. The molecule has 0 unspecified atom stereocenters. The monoisotopic (exact) mass is 183 g/mol. The highest BCUT2D eigenvalue weighted by Crippen LogP contribution is 2.13. The van der Waals surface area contributed by atoms with E-state index < -0.39 is 0 Å². The van der Waals surface area contributed by atoms with E-state index in [1.54, 1.807) is 24.3 Å². The van der Waals surface area contributed by atoms with Crippen LogP contribution in [0.3, 0.4) is 0 Å². The molecule has 1 aromatic rings. The molecule has 0 amide bonds. The van der Waals surface area contributed by atoms with Crippen LogP contribution >= 0.6 is 11.6 Å². The number of aliphatic imine (C=N–C) groups is 1. The van der Waals surface area contributed by atoms with Crippen molar-refractivity contribution in [1.29, 1.82) is 0 Å². The Morgan fingerprint density at radius 1 is 1.67 bits per heavy atom. The van der Waals surface area contributed by atoms with E-state index in [1.807, 2.05) is 0 Å². The molecule has 3 nitrogen and oxygen atoms in total. The largest absolute Gasteiger partial charge is 0.445 e. The highest BCUT2D eigenvalue weighted by atomic mass is 35.5. The van der Waals surface area contributed by atoms with Gasteiger partial charge in [-0.25, -0.2) is 9.79 Å². The number of hydrogen-bond donors (Lipinski definition) is 0. The highest BCUT2D eigenvalue weighted by molar-refractivity contribution is 6.28. The predicted octanol–water partition coefficient (Wildman–Crippen LogP) is 2.28. The van der Waals surface area contributed by atoms with Crippen molar-refractivity contribution in [2.24, 2.45) is 4.99 Å². The van der Waals surface area contributed by atoms with E-state index in [2.05, 4.69) is 4.99 Å². The zero-order chi connectivity index (χ0) is 8.81. The number of isocyanates is 1. The molecule has 0 atom stereocenters. The Labute approximate surface area is 74.4 Å². The van der Waals surface area contributed by atoms with E-state index in [1.165, 1.54) is 6.08 Å². The first kappa shape index (κ1) is 8.78. The van der Waals surface area contributed by atoms with Gasteiger partial charge in [-0.05, 0) is 29.8 Å². The van der Waals surface area contributed by atoms with E-state index in [0.717, 1.165) is 0 Å². The van der Waals surface area contributed by atoms with Crippen molar-refractivity contribution in [3.63, 3.8) is 0 Å². The predicted molar refractivity (Wildman–Crippen MR) is 45.7 cm³/mol. The van der Waals surface area contributed by atoms with Crippen LogP contribution in [-0.4, -0.2) is 12.6 Å². The van der Waals surface area contributed by atoms with Gasteiger partial charge in [-0.2, -0.15) is 0 Å². The van der Waals surface area contributed by atoms with E-state index in [-0.39, 0.29) is 0 Å². The third kappa shape index (κ3) is 2.74. The minimum absolute atomic E-state index is 0.307. The molecule has 0 saturated carbocycles. The van der Waals surface area contributed by atoms with Crippen LogP contribution in [-0.2, 0) is 4.79 Å². The Morgan fingerprint density at radius 3 is 3.08 bits per heavy atom. The van der Waals surface area contributed by atoms with Crippen LogP contribution < -0.4 is 0 Å². The van der Waals surface area contributed by atoms with Crippen molar-refractivity contribution >= 4 is 23.8 Å². The Balaban J connectivity index is 2.51. The number of hydrogen-bond acceptors (Lipinski definition) is 3. The van der Waals surface area contributed by atoms with Gasteiger partial charge in [-0.3, -0.25) is 0 Å². The molecule has 1 heterocycles. The number of halogens is 1. The molecule has 4 heteroatoms. The maximum absolute atomic E-state index is 9.65. The normalized spacial score (nSPS) is 10.1. The molecule has 0 aromatic carbocycles. The number of furan rings is 1. The number of rotatable bonds is 3. The van der Waals surface area contributed by atoms with Gasteiger partial charge >= 0.3 is 0 Å². The van der Waals surface area contributed by atoms with Gasteiger partial charge < -0.3 is 4.42 Å². The second-order valence-corrected chi connectivity index (χ2v) is 2.35. The second-order valence-electron chi connectivity index (χ2n) is 1.98. The zero-order valence-corrected chi connectivity index (χ0v) is 6.91.